The fourth-order valence-electron chi connectivity index (χ4n) is 1.05. The minimum Gasteiger partial charge on any atom is -0.381 e. The number of hydrogen-bond acceptors (Lipinski definition) is 3. The molecule has 0 fully saturated rings. The maximum absolute atomic E-state index is 11.3. The molecule has 5 heteroatoms. The van der Waals surface area contributed by atoms with E-state index in [4.69, 9.17) is 11.6 Å². The van der Waals surface area contributed by atoms with Gasteiger partial charge in [0.1, 0.15) is 10.8 Å². The molecule has 4 nitrogen and oxygen atoms in total. The summed E-state index contributed by atoms with van der Waals surface area (Å²) in [5.74, 6) is -0.594. The fraction of sp³-hybridized carbons (Fsp3) is 0.333. The van der Waals surface area contributed by atoms with Crippen LogP contribution in [0.15, 0.2) is 35.4 Å². The molecule has 0 aliphatic rings. The molecule has 2 N–H and O–H groups in total. The van der Waals surface area contributed by atoms with Crippen LogP contribution in [0.1, 0.15) is 19.4 Å². The molecule has 0 saturated heterocycles. The highest BCUT2D eigenvalue weighted by Crippen LogP contribution is 2.04. The number of hydrazone groups is 1. The summed E-state index contributed by atoms with van der Waals surface area (Å²) in [7, 11) is 0. The highest BCUT2D eigenvalue weighted by Gasteiger charge is 2.23. The lowest BCUT2D eigenvalue weighted by molar-refractivity contribution is -0.136. The Morgan fingerprint density at radius 3 is 2.53 bits per heavy atom. The van der Waals surface area contributed by atoms with Gasteiger partial charge in [-0.25, -0.2) is 5.43 Å². The Morgan fingerprint density at radius 1 is 1.41 bits per heavy atom. The van der Waals surface area contributed by atoms with Gasteiger partial charge in [-0.1, -0.05) is 41.9 Å². The molecule has 1 amide bonds. The van der Waals surface area contributed by atoms with Crippen molar-refractivity contribution in [1.82, 2.24) is 5.43 Å². The summed E-state index contributed by atoms with van der Waals surface area (Å²) >= 11 is 5.86. The van der Waals surface area contributed by atoms with Crippen molar-refractivity contribution in [3.8, 4) is 0 Å². The van der Waals surface area contributed by atoms with Crippen LogP contribution in [-0.2, 0) is 11.2 Å². The predicted octanol–water partition coefficient (Wildman–Crippen LogP) is 1.67. The van der Waals surface area contributed by atoms with Crippen LogP contribution in [0, 0.1) is 0 Å². The minimum atomic E-state index is -1.46. The van der Waals surface area contributed by atoms with E-state index < -0.39 is 11.5 Å². The summed E-state index contributed by atoms with van der Waals surface area (Å²) in [5.41, 5.74) is 1.74. The van der Waals surface area contributed by atoms with Crippen LogP contribution in [0.2, 0.25) is 0 Å². The van der Waals surface area contributed by atoms with Crippen molar-refractivity contribution in [3.05, 3.63) is 35.9 Å². The van der Waals surface area contributed by atoms with Crippen LogP contribution in [0.4, 0.5) is 0 Å². The van der Waals surface area contributed by atoms with Gasteiger partial charge in [0.05, 0.1) is 0 Å². The Labute approximate surface area is 105 Å². The van der Waals surface area contributed by atoms with Gasteiger partial charge in [-0.05, 0) is 19.4 Å². The van der Waals surface area contributed by atoms with Gasteiger partial charge < -0.3 is 5.11 Å². The number of hydrogen-bond donors (Lipinski definition) is 2. The first-order chi connectivity index (χ1) is 7.89. The van der Waals surface area contributed by atoms with E-state index in [0.717, 1.165) is 5.56 Å². The Morgan fingerprint density at radius 2 is 2.00 bits per heavy atom. The second-order valence-electron chi connectivity index (χ2n) is 4.15. The zero-order chi connectivity index (χ0) is 12.9. The van der Waals surface area contributed by atoms with E-state index >= 15 is 0 Å². The van der Waals surface area contributed by atoms with Gasteiger partial charge in [-0.15, -0.1) is 0 Å². The van der Waals surface area contributed by atoms with E-state index in [1.165, 1.54) is 13.8 Å². The lowest BCUT2D eigenvalue weighted by Gasteiger charge is -2.13. The molecule has 0 aromatic heterocycles. The van der Waals surface area contributed by atoms with E-state index in [0.29, 0.717) is 6.42 Å². The predicted molar refractivity (Wildman–Crippen MR) is 67.9 cm³/mol. The van der Waals surface area contributed by atoms with Gasteiger partial charge in [0.2, 0.25) is 0 Å². The van der Waals surface area contributed by atoms with Gasteiger partial charge in [0.15, 0.2) is 0 Å². The molecule has 0 aliphatic carbocycles. The number of carbonyl (C=O) groups is 1. The SMILES string of the molecule is CC(C)(O)C(=O)NN=C(Cl)Cc1ccccc1. The lowest BCUT2D eigenvalue weighted by Crippen LogP contribution is -2.39. The number of halogens is 1. The number of nitrogens with one attached hydrogen (secondary N) is 1. The van der Waals surface area contributed by atoms with Crippen molar-refractivity contribution < 1.29 is 9.90 Å². The van der Waals surface area contributed by atoms with Gasteiger partial charge in [0.25, 0.3) is 5.91 Å². The normalized spacial score (nSPS) is 12.4. The zero-order valence-electron chi connectivity index (χ0n) is 9.77. The van der Waals surface area contributed by atoms with Crippen LogP contribution in [-0.4, -0.2) is 21.8 Å². The third kappa shape index (κ3) is 4.97. The Balaban J connectivity index is 2.54. The van der Waals surface area contributed by atoms with Gasteiger partial charge in [-0.2, -0.15) is 5.10 Å². The van der Waals surface area contributed by atoms with Crippen LogP contribution >= 0.6 is 11.6 Å². The van der Waals surface area contributed by atoms with Gasteiger partial charge in [-0.3, -0.25) is 4.79 Å². The van der Waals surface area contributed by atoms with Crippen molar-refractivity contribution in [2.45, 2.75) is 25.9 Å². The van der Waals surface area contributed by atoms with Crippen molar-refractivity contribution >= 4 is 22.7 Å². The summed E-state index contributed by atoms with van der Waals surface area (Å²) < 4.78 is 0. The van der Waals surface area contributed by atoms with E-state index in [9.17, 15) is 9.90 Å². The molecule has 1 rings (SSSR count). The standard InChI is InChI=1S/C12H15ClN2O2/c1-12(2,17)11(16)15-14-10(13)8-9-6-4-3-5-7-9/h3-7,17H,8H2,1-2H3,(H,15,16). The first-order valence-electron chi connectivity index (χ1n) is 5.18. The Hall–Kier alpha value is -1.39. The fourth-order valence-corrected chi connectivity index (χ4v) is 1.25. The third-order valence-electron chi connectivity index (χ3n) is 2.03. The highest BCUT2D eigenvalue weighted by molar-refractivity contribution is 6.65. The van der Waals surface area contributed by atoms with Crippen LogP contribution in [0.3, 0.4) is 0 Å². The molecule has 0 saturated carbocycles. The molecular formula is C12H15ClN2O2. The molecular weight excluding hydrogens is 240 g/mol. The number of nitrogens with zero attached hydrogens (tertiary/aromatic N) is 1. The highest BCUT2D eigenvalue weighted by atomic mass is 35.5. The van der Waals surface area contributed by atoms with Crippen molar-refractivity contribution in [1.29, 1.82) is 0 Å². The summed E-state index contributed by atoms with van der Waals surface area (Å²) in [4.78, 5) is 11.3. The first kappa shape index (κ1) is 13.7. The number of benzene rings is 1. The quantitative estimate of drug-likeness (QED) is 0.634. The minimum absolute atomic E-state index is 0.258. The molecule has 0 heterocycles. The van der Waals surface area contributed by atoms with E-state index in [1.54, 1.807) is 0 Å². The monoisotopic (exact) mass is 254 g/mol. The number of carbonyl (C=O) groups excluding carboxylic acids is 1. The van der Waals surface area contributed by atoms with Crippen molar-refractivity contribution in [2.24, 2.45) is 5.10 Å². The van der Waals surface area contributed by atoms with Crippen molar-refractivity contribution in [3.63, 3.8) is 0 Å². The summed E-state index contributed by atoms with van der Waals surface area (Å²) in [6, 6.07) is 9.53. The average molecular weight is 255 g/mol. The summed E-state index contributed by atoms with van der Waals surface area (Å²) in [5, 5.41) is 13.3. The lowest BCUT2D eigenvalue weighted by atomic mass is 10.1. The average Bonchev–Trinajstić information content (AvgIpc) is 2.26. The molecule has 0 aliphatic heterocycles. The summed E-state index contributed by atoms with van der Waals surface area (Å²) in [6.07, 6.45) is 0.439. The molecule has 92 valence electrons. The maximum Gasteiger partial charge on any atom is 0.271 e. The second-order valence-corrected chi connectivity index (χ2v) is 4.59. The van der Waals surface area contributed by atoms with E-state index in [2.05, 4.69) is 10.5 Å². The molecule has 0 spiro atoms. The second kappa shape index (κ2) is 5.80. The molecule has 0 unspecified atom stereocenters. The number of rotatable bonds is 4. The van der Waals surface area contributed by atoms with Crippen LogP contribution < -0.4 is 5.43 Å². The molecule has 1 aromatic carbocycles. The Bertz CT molecular complexity index is 410. The van der Waals surface area contributed by atoms with Gasteiger partial charge >= 0.3 is 0 Å². The maximum atomic E-state index is 11.3. The van der Waals surface area contributed by atoms with E-state index in [1.807, 2.05) is 30.3 Å². The zero-order valence-corrected chi connectivity index (χ0v) is 10.5. The smallest absolute Gasteiger partial charge is 0.271 e. The van der Waals surface area contributed by atoms with E-state index in [-0.39, 0.29) is 5.17 Å². The third-order valence-corrected chi connectivity index (χ3v) is 2.25. The van der Waals surface area contributed by atoms with Crippen LogP contribution in [0.5, 0.6) is 0 Å². The van der Waals surface area contributed by atoms with Gasteiger partial charge in [0, 0.05) is 6.42 Å². The summed E-state index contributed by atoms with van der Waals surface area (Å²) in [6.45, 7) is 2.76. The largest absolute Gasteiger partial charge is 0.381 e. The topological polar surface area (TPSA) is 61.7 Å². The number of aliphatic hydroxyl groups is 1. The van der Waals surface area contributed by atoms with Crippen molar-refractivity contribution in [2.75, 3.05) is 0 Å². The van der Waals surface area contributed by atoms with Crippen LogP contribution in [0.25, 0.3) is 0 Å². The Kier molecular flexibility index (Phi) is 4.66. The number of amides is 1. The molecule has 17 heavy (non-hydrogen) atoms. The molecule has 1 aromatic rings. The first-order valence-corrected chi connectivity index (χ1v) is 5.56. The molecule has 0 atom stereocenters. The molecule has 0 bridgehead atoms. The molecule has 0 radical (unpaired) electrons.